The fourth-order valence-corrected chi connectivity index (χ4v) is 1.46. The van der Waals surface area contributed by atoms with Crippen molar-refractivity contribution >= 4 is 23.5 Å². The number of nitrogens with two attached hydrogens (primary N) is 2. The number of guanidine groups is 2. The number of halogens is 1. The van der Waals surface area contributed by atoms with Gasteiger partial charge in [-0.3, -0.25) is 4.99 Å². The van der Waals surface area contributed by atoms with E-state index in [2.05, 4.69) is 9.98 Å². The first kappa shape index (κ1) is 14.3. The van der Waals surface area contributed by atoms with E-state index >= 15 is 0 Å². The molecule has 0 amide bonds. The lowest BCUT2D eigenvalue weighted by atomic mass is 10.1. The van der Waals surface area contributed by atoms with Gasteiger partial charge in [0, 0.05) is 25.7 Å². The van der Waals surface area contributed by atoms with E-state index in [4.69, 9.17) is 23.1 Å². The van der Waals surface area contributed by atoms with Crippen molar-refractivity contribution < 1.29 is 0 Å². The van der Waals surface area contributed by atoms with Gasteiger partial charge in [-0.25, -0.2) is 0 Å². The van der Waals surface area contributed by atoms with Crippen molar-refractivity contribution in [3.8, 4) is 0 Å². The second-order valence-corrected chi connectivity index (χ2v) is 4.42. The molecular formula is C12H18ClN5. The van der Waals surface area contributed by atoms with Crippen LogP contribution in [-0.2, 0) is 6.42 Å². The number of rotatable bonds is 3. The maximum absolute atomic E-state index is 5.89. The van der Waals surface area contributed by atoms with Crippen LogP contribution in [0.15, 0.2) is 34.3 Å². The Bertz CT molecular complexity index is 454. The largest absolute Gasteiger partial charge is 0.369 e. The van der Waals surface area contributed by atoms with Crippen LogP contribution >= 0.6 is 11.6 Å². The Morgan fingerprint density at radius 3 is 2.67 bits per heavy atom. The Labute approximate surface area is 112 Å². The van der Waals surface area contributed by atoms with Gasteiger partial charge in [-0.05, 0) is 24.1 Å². The lowest BCUT2D eigenvalue weighted by molar-refractivity contribution is 0.615. The highest BCUT2D eigenvalue weighted by atomic mass is 35.5. The molecule has 0 spiro atoms. The third-order valence-electron chi connectivity index (χ3n) is 2.25. The van der Waals surface area contributed by atoms with Crippen LogP contribution in [0.25, 0.3) is 0 Å². The van der Waals surface area contributed by atoms with E-state index in [1.54, 1.807) is 19.0 Å². The summed E-state index contributed by atoms with van der Waals surface area (Å²) in [4.78, 5) is 9.74. The standard InChI is InChI=1S/C12H18ClN5/c1-18(2)12(15)17-11(14)16-7-6-9-4-3-5-10(13)8-9/h3-5,8H,6-7H2,1-2H3,(H4,14,15,16,17). The quantitative estimate of drug-likeness (QED) is 0.635. The third kappa shape index (κ3) is 5.05. The molecule has 0 fully saturated rings. The monoisotopic (exact) mass is 267 g/mol. The van der Waals surface area contributed by atoms with Crippen LogP contribution in [0.5, 0.6) is 0 Å². The molecule has 0 aliphatic heterocycles. The minimum absolute atomic E-state index is 0.184. The minimum atomic E-state index is 0.184. The smallest absolute Gasteiger partial charge is 0.218 e. The maximum atomic E-state index is 5.89. The maximum Gasteiger partial charge on any atom is 0.218 e. The fourth-order valence-electron chi connectivity index (χ4n) is 1.24. The molecule has 0 unspecified atom stereocenters. The van der Waals surface area contributed by atoms with Gasteiger partial charge in [0.1, 0.15) is 0 Å². The van der Waals surface area contributed by atoms with Crippen LogP contribution in [0.1, 0.15) is 5.56 Å². The van der Waals surface area contributed by atoms with Crippen LogP contribution < -0.4 is 11.5 Å². The molecule has 1 aromatic rings. The Balaban J connectivity index is 2.52. The van der Waals surface area contributed by atoms with Gasteiger partial charge in [0.25, 0.3) is 0 Å². The molecule has 0 aromatic heterocycles. The van der Waals surface area contributed by atoms with Gasteiger partial charge in [-0.1, -0.05) is 23.7 Å². The average Bonchev–Trinajstić information content (AvgIpc) is 2.28. The lowest BCUT2D eigenvalue weighted by Crippen LogP contribution is -2.32. The topological polar surface area (TPSA) is 80.0 Å². The molecule has 5 nitrogen and oxygen atoms in total. The second-order valence-electron chi connectivity index (χ2n) is 3.98. The molecule has 0 aliphatic carbocycles. The van der Waals surface area contributed by atoms with Crippen molar-refractivity contribution in [2.75, 3.05) is 20.6 Å². The SMILES string of the molecule is CN(C)C(N)=NC(N)=NCCc1cccc(Cl)c1. The van der Waals surface area contributed by atoms with Crippen molar-refractivity contribution in [3.63, 3.8) is 0 Å². The molecular weight excluding hydrogens is 250 g/mol. The zero-order valence-corrected chi connectivity index (χ0v) is 11.4. The summed E-state index contributed by atoms with van der Waals surface area (Å²) in [5.74, 6) is 0.516. The molecule has 0 bridgehead atoms. The molecule has 1 aromatic carbocycles. The average molecular weight is 268 g/mol. The van der Waals surface area contributed by atoms with Gasteiger partial charge >= 0.3 is 0 Å². The van der Waals surface area contributed by atoms with Gasteiger partial charge in [0.2, 0.25) is 5.96 Å². The van der Waals surface area contributed by atoms with Gasteiger partial charge < -0.3 is 16.4 Å². The molecule has 0 aliphatic rings. The van der Waals surface area contributed by atoms with E-state index in [-0.39, 0.29) is 5.96 Å². The van der Waals surface area contributed by atoms with Gasteiger partial charge in [0.05, 0.1) is 0 Å². The van der Waals surface area contributed by atoms with Gasteiger partial charge in [-0.15, -0.1) is 0 Å². The van der Waals surface area contributed by atoms with E-state index in [0.717, 1.165) is 17.0 Å². The fraction of sp³-hybridized carbons (Fsp3) is 0.333. The van der Waals surface area contributed by atoms with Crippen molar-refractivity contribution in [3.05, 3.63) is 34.9 Å². The van der Waals surface area contributed by atoms with Gasteiger partial charge in [-0.2, -0.15) is 4.99 Å². The molecule has 1 rings (SSSR count). The Hall–Kier alpha value is -1.75. The van der Waals surface area contributed by atoms with E-state index in [9.17, 15) is 0 Å². The summed E-state index contributed by atoms with van der Waals surface area (Å²) >= 11 is 5.89. The van der Waals surface area contributed by atoms with Crippen molar-refractivity contribution in [1.82, 2.24) is 4.90 Å². The third-order valence-corrected chi connectivity index (χ3v) is 2.49. The van der Waals surface area contributed by atoms with Crippen molar-refractivity contribution in [2.45, 2.75) is 6.42 Å². The van der Waals surface area contributed by atoms with Crippen LogP contribution in [0.3, 0.4) is 0 Å². The van der Waals surface area contributed by atoms with E-state index in [1.165, 1.54) is 0 Å². The van der Waals surface area contributed by atoms with Crippen LogP contribution in [0.2, 0.25) is 5.02 Å². The summed E-state index contributed by atoms with van der Waals surface area (Å²) in [6, 6.07) is 7.65. The normalized spacial score (nSPS) is 12.6. The molecule has 6 heteroatoms. The lowest BCUT2D eigenvalue weighted by Gasteiger charge is -2.09. The summed E-state index contributed by atoms with van der Waals surface area (Å²) in [7, 11) is 3.58. The summed E-state index contributed by atoms with van der Waals surface area (Å²) in [6.45, 7) is 0.552. The van der Waals surface area contributed by atoms with Crippen LogP contribution in [0.4, 0.5) is 0 Å². The summed E-state index contributed by atoms with van der Waals surface area (Å²) in [5, 5.41) is 0.722. The predicted octanol–water partition coefficient (Wildman–Crippen LogP) is 1.07. The number of hydrogen-bond acceptors (Lipinski definition) is 1. The first-order valence-corrected chi connectivity index (χ1v) is 5.92. The number of nitrogens with zero attached hydrogens (tertiary/aromatic N) is 3. The molecule has 0 saturated heterocycles. The Morgan fingerprint density at radius 1 is 1.33 bits per heavy atom. The zero-order chi connectivity index (χ0) is 13.5. The number of aliphatic imine (C=N–C) groups is 2. The highest BCUT2D eigenvalue weighted by Gasteiger charge is 1.97. The predicted molar refractivity (Wildman–Crippen MR) is 77.0 cm³/mol. The van der Waals surface area contributed by atoms with Crippen LogP contribution in [-0.4, -0.2) is 37.5 Å². The zero-order valence-electron chi connectivity index (χ0n) is 10.6. The van der Waals surface area contributed by atoms with Crippen molar-refractivity contribution in [2.24, 2.45) is 21.5 Å². The highest BCUT2D eigenvalue weighted by Crippen LogP contribution is 2.10. The summed E-state index contributed by atoms with van der Waals surface area (Å²) < 4.78 is 0. The Morgan fingerprint density at radius 2 is 2.06 bits per heavy atom. The Kier molecular flexibility index (Phi) is 5.45. The molecule has 0 heterocycles. The van der Waals surface area contributed by atoms with E-state index < -0.39 is 0 Å². The second kappa shape index (κ2) is 6.86. The molecule has 18 heavy (non-hydrogen) atoms. The minimum Gasteiger partial charge on any atom is -0.369 e. The molecule has 0 radical (unpaired) electrons. The summed E-state index contributed by atoms with van der Waals surface area (Å²) in [6.07, 6.45) is 0.763. The highest BCUT2D eigenvalue weighted by molar-refractivity contribution is 6.30. The first-order chi connectivity index (χ1) is 8.49. The first-order valence-electron chi connectivity index (χ1n) is 5.55. The molecule has 0 atom stereocenters. The molecule has 98 valence electrons. The van der Waals surface area contributed by atoms with E-state index in [0.29, 0.717) is 12.5 Å². The van der Waals surface area contributed by atoms with Crippen LogP contribution in [0, 0.1) is 0 Å². The van der Waals surface area contributed by atoms with Crippen molar-refractivity contribution in [1.29, 1.82) is 0 Å². The molecule has 0 saturated carbocycles. The van der Waals surface area contributed by atoms with Gasteiger partial charge in [0.15, 0.2) is 5.96 Å². The van der Waals surface area contributed by atoms with E-state index in [1.807, 2.05) is 24.3 Å². The number of benzene rings is 1. The molecule has 4 N–H and O–H groups in total. The summed E-state index contributed by atoms with van der Waals surface area (Å²) in [5.41, 5.74) is 12.4. The number of hydrogen-bond donors (Lipinski definition) is 2.